The van der Waals surface area contributed by atoms with E-state index < -0.39 is 5.63 Å². The predicted molar refractivity (Wildman–Crippen MR) is 62.1 cm³/mol. The topological polar surface area (TPSA) is 54.0 Å². The summed E-state index contributed by atoms with van der Waals surface area (Å²) in [7, 11) is 0. The van der Waals surface area contributed by atoms with Crippen LogP contribution in [-0.2, 0) is 0 Å². The van der Waals surface area contributed by atoms with Crippen molar-refractivity contribution in [1.82, 2.24) is 0 Å². The first-order valence-electron chi connectivity index (χ1n) is 4.51. The van der Waals surface area contributed by atoms with Crippen molar-refractivity contribution in [1.29, 1.82) is 5.26 Å². The summed E-state index contributed by atoms with van der Waals surface area (Å²) in [5.41, 5.74) is 0.0868. The molecule has 1 aromatic heterocycles. The summed E-state index contributed by atoms with van der Waals surface area (Å²) in [4.78, 5) is 11.5. The highest BCUT2D eigenvalue weighted by Crippen LogP contribution is 2.25. The van der Waals surface area contributed by atoms with Gasteiger partial charge in [0, 0.05) is 11.5 Å². The smallest absolute Gasteiger partial charge is 0.345 e. The van der Waals surface area contributed by atoms with Crippen molar-refractivity contribution in [3.8, 4) is 6.07 Å². The third kappa shape index (κ3) is 1.71. The van der Waals surface area contributed by atoms with E-state index in [0.717, 1.165) is 0 Å². The van der Waals surface area contributed by atoms with Gasteiger partial charge in [-0.15, -0.1) is 0 Å². The molecular weight excluding hydrogens is 226 g/mol. The van der Waals surface area contributed by atoms with Crippen LogP contribution in [0.1, 0.15) is 5.56 Å². The SMILES string of the molecule is N#C/C=C/c1c(Cl)c2ccccc2oc1=O. The van der Waals surface area contributed by atoms with Crippen molar-refractivity contribution in [2.75, 3.05) is 0 Å². The van der Waals surface area contributed by atoms with Gasteiger partial charge < -0.3 is 4.42 Å². The Bertz CT molecular complexity index is 665. The molecule has 0 saturated heterocycles. The third-order valence-electron chi connectivity index (χ3n) is 2.11. The zero-order chi connectivity index (χ0) is 11.5. The zero-order valence-electron chi connectivity index (χ0n) is 8.11. The lowest BCUT2D eigenvalue weighted by atomic mass is 10.2. The number of allylic oxidation sites excluding steroid dienone is 1. The highest BCUT2D eigenvalue weighted by molar-refractivity contribution is 6.36. The molecule has 4 heteroatoms. The average molecular weight is 232 g/mol. The first-order valence-corrected chi connectivity index (χ1v) is 4.89. The van der Waals surface area contributed by atoms with Gasteiger partial charge in [-0.05, 0) is 18.2 Å². The number of halogens is 1. The molecule has 2 rings (SSSR count). The maximum Gasteiger partial charge on any atom is 0.345 e. The molecule has 0 bridgehead atoms. The normalized spacial score (nSPS) is 10.8. The van der Waals surface area contributed by atoms with Crippen LogP contribution in [0.4, 0.5) is 0 Å². The number of fused-ring (bicyclic) bond motifs is 1. The number of hydrogen-bond acceptors (Lipinski definition) is 3. The van der Waals surface area contributed by atoms with Gasteiger partial charge in [-0.1, -0.05) is 23.7 Å². The van der Waals surface area contributed by atoms with E-state index in [-0.39, 0.29) is 5.56 Å². The van der Waals surface area contributed by atoms with Crippen molar-refractivity contribution >= 4 is 28.6 Å². The fraction of sp³-hybridized carbons (Fsp3) is 0. The van der Waals surface area contributed by atoms with Gasteiger partial charge in [0.2, 0.25) is 0 Å². The summed E-state index contributed by atoms with van der Waals surface area (Å²) < 4.78 is 5.07. The number of rotatable bonds is 1. The Morgan fingerprint density at radius 1 is 1.38 bits per heavy atom. The van der Waals surface area contributed by atoms with Crippen LogP contribution in [-0.4, -0.2) is 0 Å². The monoisotopic (exact) mass is 231 g/mol. The van der Waals surface area contributed by atoms with Crippen molar-refractivity contribution in [3.05, 3.63) is 51.3 Å². The molecule has 0 aliphatic heterocycles. The van der Waals surface area contributed by atoms with Crippen LogP contribution in [0.2, 0.25) is 5.02 Å². The van der Waals surface area contributed by atoms with Crippen LogP contribution in [0.15, 0.2) is 39.6 Å². The number of nitrogens with zero attached hydrogens (tertiary/aromatic N) is 1. The summed E-state index contributed by atoms with van der Waals surface area (Å²) in [6.07, 6.45) is 2.54. The molecule has 0 aliphatic rings. The fourth-order valence-corrected chi connectivity index (χ4v) is 1.68. The van der Waals surface area contributed by atoms with E-state index in [1.807, 2.05) is 0 Å². The molecule has 0 atom stereocenters. The second-order valence-corrected chi connectivity index (χ2v) is 3.45. The molecule has 78 valence electrons. The van der Waals surface area contributed by atoms with Gasteiger partial charge >= 0.3 is 5.63 Å². The van der Waals surface area contributed by atoms with Crippen LogP contribution in [0, 0.1) is 11.3 Å². The molecule has 0 fully saturated rings. The summed E-state index contributed by atoms with van der Waals surface area (Å²) in [6, 6.07) is 8.77. The molecule has 1 aromatic carbocycles. The molecule has 1 heterocycles. The Morgan fingerprint density at radius 3 is 2.88 bits per heavy atom. The predicted octanol–water partition coefficient (Wildman–Crippen LogP) is 2.98. The van der Waals surface area contributed by atoms with Crippen molar-refractivity contribution < 1.29 is 4.42 Å². The second-order valence-electron chi connectivity index (χ2n) is 3.08. The summed E-state index contributed by atoms with van der Waals surface area (Å²) in [5, 5.41) is 9.37. The fourth-order valence-electron chi connectivity index (χ4n) is 1.39. The molecular formula is C12H6ClNO2. The van der Waals surface area contributed by atoms with E-state index in [2.05, 4.69) is 0 Å². The Balaban J connectivity index is 2.82. The van der Waals surface area contributed by atoms with Crippen LogP contribution < -0.4 is 5.63 Å². The minimum Gasteiger partial charge on any atom is -0.422 e. The van der Waals surface area contributed by atoms with Gasteiger partial charge in [0.15, 0.2) is 0 Å². The molecule has 0 unspecified atom stereocenters. The van der Waals surface area contributed by atoms with Crippen LogP contribution in [0.3, 0.4) is 0 Å². The van der Waals surface area contributed by atoms with E-state index in [0.29, 0.717) is 16.0 Å². The van der Waals surface area contributed by atoms with Crippen molar-refractivity contribution in [3.63, 3.8) is 0 Å². The lowest BCUT2D eigenvalue weighted by Gasteiger charge is -2.01. The largest absolute Gasteiger partial charge is 0.422 e. The summed E-state index contributed by atoms with van der Waals surface area (Å²) >= 11 is 6.06. The molecule has 0 N–H and O–H groups in total. The van der Waals surface area contributed by atoms with Gasteiger partial charge in [0.05, 0.1) is 16.7 Å². The van der Waals surface area contributed by atoms with Crippen molar-refractivity contribution in [2.24, 2.45) is 0 Å². The van der Waals surface area contributed by atoms with Gasteiger partial charge in [-0.2, -0.15) is 5.26 Å². The number of benzene rings is 1. The molecule has 2 aromatic rings. The maximum atomic E-state index is 11.5. The highest BCUT2D eigenvalue weighted by atomic mass is 35.5. The van der Waals surface area contributed by atoms with E-state index in [1.165, 1.54) is 12.2 Å². The molecule has 3 nitrogen and oxygen atoms in total. The maximum absolute atomic E-state index is 11.5. The Hall–Kier alpha value is -2.05. The lowest BCUT2D eigenvalue weighted by molar-refractivity contribution is 0.559. The first kappa shape index (κ1) is 10.5. The number of hydrogen-bond donors (Lipinski definition) is 0. The Morgan fingerprint density at radius 2 is 2.12 bits per heavy atom. The zero-order valence-corrected chi connectivity index (χ0v) is 8.86. The second kappa shape index (κ2) is 4.21. The molecule has 0 radical (unpaired) electrons. The molecule has 16 heavy (non-hydrogen) atoms. The summed E-state index contributed by atoms with van der Waals surface area (Å²) in [6.45, 7) is 0. The summed E-state index contributed by atoms with van der Waals surface area (Å²) in [5.74, 6) is 0. The lowest BCUT2D eigenvalue weighted by Crippen LogP contribution is -2.03. The molecule has 0 aliphatic carbocycles. The van der Waals surface area contributed by atoms with E-state index >= 15 is 0 Å². The quantitative estimate of drug-likeness (QED) is 0.560. The molecule has 0 spiro atoms. The van der Waals surface area contributed by atoms with E-state index in [1.54, 1.807) is 30.3 Å². The Labute approximate surface area is 96.2 Å². The van der Waals surface area contributed by atoms with Gasteiger partial charge in [0.25, 0.3) is 0 Å². The third-order valence-corrected chi connectivity index (χ3v) is 2.51. The van der Waals surface area contributed by atoms with Gasteiger partial charge in [-0.25, -0.2) is 4.79 Å². The minimum atomic E-state index is -0.546. The molecule has 0 amide bonds. The van der Waals surface area contributed by atoms with Gasteiger partial charge in [0.1, 0.15) is 5.58 Å². The van der Waals surface area contributed by atoms with Crippen molar-refractivity contribution in [2.45, 2.75) is 0 Å². The number of nitriles is 1. The average Bonchev–Trinajstić information content (AvgIpc) is 2.29. The van der Waals surface area contributed by atoms with E-state index in [9.17, 15) is 4.79 Å². The van der Waals surface area contributed by atoms with Gasteiger partial charge in [-0.3, -0.25) is 0 Å². The van der Waals surface area contributed by atoms with Crippen LogP contribution in [0.25, 0.3) is 17.0 Å². The highest BCUT2D eigenvalue weighted by Gasteiger charge is 2.09. The first-order chi connectivity index (χ1) is 7.74. The van der Waals surface area contributed by atoms with E-state index in [4.69, 9.17) is 21.3 Å². The molecule has 0 saturated carbocycles. The number of para-hydroxylation sites is 1. The minimum absolute atomic E-state index is 0.196. The van der Waals surface area contributed by atoms with Crippen LogP contribution in [0.5, 0.6) is 0 Å². The Kier molecular flexibility index (Phi) is 2.76. The van der Waals surface area contributed by atoms with Crippen LogP contribution >= 0.6 is 11.6 Å². The standard InChI is InChI=1S/C12H6ClNO2/c13-11-8-4-1-2-6-10(8)16-12(15)9(11)5-3-7-14/h1-6H/b5-3+.